The van der Waals surface area contributed by atoms with E-state index >= 15 is 4.39 Å². The number of hydrogen-bond donors (Lipinski definition) is 3. The maximum absolute atomic E-state index is 15.6. The number of aliphatic hydroxyl groups excluding tert-OH is 1. The second-order valence-corrected chi connectivity index (χ2v) is 10.9. The highest BCUT2D eigenvalue weighted by Gasteiger charge is 2.42. The predicted octanol–water partition coefficient (Wildman–Crippen LogP) is 4.66. The summed E-state index contributed by atoms with van der Waals surface area (Å²) < 4.78 is 23.1. The summed E-state index contributed by atoms with van der Waals surface area (Å²) in [5.41, 5.74) is 0.289. The van der Waals surface area contributed by atoms with Gasteiger partial charge in [0, 0.05) is 11.6 Å². The number of aliphatic hydroxyl groups is 2. The van der Waals surface area contributed by atoms with E-state index in [-0.39, 0.29) is 46.2 Å². The molecule has 8 nitrogen and oxygen atoms in total. The molecule has 0 amide bonds. The Morgan fingerprint density at radius 1 is 1.33 bits per heavy atom. The van der Waals surface area contributed by atoms with E-state index in [4.69, 9.17) is 16.3 Å². The molecule has 190 valence electrons. The lowest BCUT2D eigenvalue weighted by Crippen LogP contribution is -2.47. The van der Waals surface area contributed by atoms with Crippen LogP contribution in [0.1, 0.15) is 64.3 Å². The van der Waals surface area contributed by atoms with Crippen molar-refractivity contribution in [1.82, 2.24) is 14.5 Å². The van der Waals surface area contributed by atoms with E-state index < -0.39 is 17.5 Å². The van der Waals surface area contributed by atoms with Crippen LogP contribution in [0.4, 0.5) is 10.3 Å². The maximum Gasteiger partial charge on any atom is 0.223 e. The van der Waals surface area contributed by atoms with Crippen molar-refractivity contribution in [1.29, 1.82) is 5.26 Å². The highest BCUT2D eigenvalue weighted by Crippen LogP contribution is 2.40. The smallest absolute Gasteiger partial charge is 0.223 e. The van der Waals surface area contributed by atoms with Crippen molar-refractivity contribution in [3.8, 4) is 17.3 Å². The van der Waals surface area contributed by atoms with Gasteiger partial charge in [0.15, 0.2) is 0 Å². The molecule has 2 aliphatic heterocycles. The molecule has 0 aliphatic carbocycles. The Labute approximate surface area is 213 Å². The maximum atomic E-state index is 15.6. The van der Waals surface area contributed by atoms with Crippen LogP contribution in [0.2, 0.25) is 5.02 Å². The van der Waals surface area contributed by atoms with Gasteiger partial charge in [0.05, 0.1) is 57.3 Å². The molecule has 0 spiro atoms. The molecule has 36 heavy (non-hydrogen) atoms. The van der Waals surface area contributed by atoms with Gasteiger partial charge in [0.25, 0.3) is 0 Å². The van der Waals surface area contributed by atoms with Crippen LogP contribution in [0.3, 0.4) is 0 Å². The fourth-order valence-corrected chi connectivity index (χ4v) is 5.76. The molecule has 5 rings (SSSR count). The van der Waals surface area contributed by atoms with Crippen LogP contribution >= 0.6 is 11.6 Å². The minimum Gasteiger partial charge on any atom is -0.388 e. The molecule has 0 saturated carbocycles. The Morgan fingerprint density at radius 2 is 2.08 bits per heavy atom. The largest absolute Gasteiger partial charge is 0.388 e. The molecule has 2 fully saturated rings. The number of nitriles is 1. The summed E-state index contributed by atoms with van der Waals surface area (Å²) >= 11 is 6.46. The van der Waals surface area contributed by atoms with Crippen LogP contribution in [-0.2, 0) is 10.3 Å². The van der Waals surface area contributed by atoms with Gasteiger partial charge in [-0.1, -0.05) is 11.6 Å². The molecule has 3 aromatic rings. The standard InChI is InChI=1S/C26H29ClFN5O3/c1-12(2)33-19-8-13(7-17(28)21(19)15(10-29)24(33)26(3,4)35)22-16(27)11-30-25(32-22)31-18-9-14-5-6-20(36-14)23(18)34/h7-8,11-12,14,18,20,23,34-35H,5-6,9H2,1-4H3,(H,30,31,32)/t14-,18-,20+,23+/m0/s1. The zero-order valence-electron chi connectivity index (χ0n) is 20.6. The van der Waals surface area contributed by atoms with Gasteiger partial charge in [-0.05, 0) is 59.1 Å². The second kappa shape index (κ2) is 8.96. The molecule has 2 saturated heterocycles. The fraction of sp³-hybridized carbons (Fsp3) is 0.500. The van der Waals surface area contributed by atoms with E-state index in [2.05, 4.69) is 21.4 Å². The van der Waals surface area contributed by atoms with E-state index in [0.29, 0.717) is 28.9 Å². The molecule has 2 bridgehead atoms. The number of fused-ring (bicyclic) bond motifs is 3. The average molecular weight is 514 g/mol. The number of halogens is 2. The van der Waals surface area contributed by atoms with Crippen LogP contribution in [-0.4, -0.2) is 49.1 Å². The Hall–Kier alpha value is -2.77. The Morgan fingerprint density at radius 3 is 2.75 bits per heavy atom. The Balaban J connectivity index is 1.61. The normalized spacial score (nSPS) is 23.9. The first kappa shape index (κ1) is 24.9. The van der Waals surface area contributed by atoms with Crippen molar-refractivity contribution in [2.45, 2.75) is 83.0 Å². The lowest BCUT2D eigenvalue weighted by atomic mass is 9.99. The van der Waals surface area contributed by atoms with Crippen molar-refractivity contribution in [3.05, 3.63) is 40.4 Å². The van der Waals surface area contributed by atoms with E-state index in [0.717, 1.165) is 12.8 Å². The molecule has 0 unspecified atom stereocenters. The minimum absolute atomic E-state index is 0.0993. The van der Waals surface area contributed by atoms with Gasteiger partial charge in [-0.15, -0.1) is 0 Å². The predicted molar refractivity (Wildman–Crippen MR) is 134 cm³/mol. The molecule has 1 aromatic carbocycles. The first-order chi connectivity index (χ1) is 17.0. The molecular weight excluding hydrogens is 485 g/mol. The third-order valence-corrected chi connectivity index (χ3v) is 7.32. The number of anilines is 1. The first-order valence-electron chi connectivity index (χ1n) is 12.1. The molecule has 2 aromatic heterocycles. The minimum atomic E-state index is -1.37. The molecule has 0 radical (unpaired) electrons. The summed E-state index contributed by atoms with van der Waals surface area (Å²) in [4.78, 5) is 8.84. The monoisotopic (exact) mass is 513 g/mol. The third-order valence-electron chi connectivity index (χ3n) is 7.05. The van der Waals surface area contributed by atoms with Gasteiger partial charge in [-0.2, -0.15) is 5.26 Å². The summed E-state index contributed by atoms with van der Waals surface area (Å²) in [5, 5.41) is 34.9. The lowest BCUT2D eigenvalue weighted by Gasteiger charge is -2.33. The first-order valence-corrected chi connectivity index (χ1v) is 12.5. The highest BCUT2D eigenvalue weighted by molar-refractivity contribution is 6.33. The molecule has 10 heteroatoms. The van der Waals surface area contributed by atoms with Crippen LogP contribution in [0.5, 0.6) is 0 Å². The van der Waals surface area contributed by atoms with Crippen molar-refractivity contribution < 1.29 is 19.3 Å². The van der Waals surface area contributed by atoms with Gasteiger partial charge < -0.3 is 24.8 Å². The fourth-order valence-electron chi connectivity index (χ4n) is 5.56. The third kappa shape index (κ3) is 4.12. The van der Waals surface area contributed by atoms with Crippen molar-refractivity contribution in [2.75, 3.05) is 5.32 Å². The van der Waals surface area contributed by atoms with Crippen molar-refractivity contribution >= 4 is 28.5 Å². The number of aromatic nitrogens is 3. The highest BCUT2D eigenvalue weighted by atomic mass is 35.5. The number of nitrogens with zero attached hydrogens (tertiary/aromatic N) is 4. The van der Waals surface area contributed by atoms with Crippen LogP contribution in [0.15, 0.2) is 18.3 Å². The molecule has 4 atom stereocenters. The SMILES string of the molecule is CC(C)n1c(C(C)(C)O)c(C#N)c2c(F)cc(-c3nc(N[C@H]4C[C@@H]5CC[C@@H](O5)[C@@H]4O)ncc3Cl)cc21. The van der Waals surface area contributed by atoms with Crippen LogP contribution in [0, 0.1) is 17.1 Å². The molecule has 4 heterocycles. The topological polar surface area (TPSA) is 116 Å². The van der Waals surface area contributed by atoms with Gasteiger partial charge in [0.2, 0.25) is 5.95 Å². The number of hydrogen-bond acceptors (Lipinski definition) is 7. The summed E-state index contributed by atoms with van der Waals surface area (Å²) in [6.45, 7) is 6.98. The number of nitrogens with one attached hydrogen (secondary N) is 1. The van der Waals surface area contributed by atoms with E-state index in [1.807, 2.05) is 13.8 Å². The van der Waals surface area contributed by atoms with Crippen LogP contribution in [0.25, 0.3) is 22.2 Å². The number of ether oxygens (including phenoxy) is 1. The average Bonchev–Trinajstić information content (AvgIpc) is 3.38. The summed E-state index contributed by atoms with van der Waals surface area (Å²) in [6, 6.07) is 4.69. The number of rotatable bonds is 5. The van der Waals surface area contributed by atoms with Crippen molar-refractivity contribution in [3.63, 3.8) is 0 Å². The van der Waals surface area contributed by atoms with Crippen LogP contribution < -0.4 is 5.32 Å². The van der Waals surface area contributed by atoms with Gasteiger partial charge in [-0.3, -0.25) is 0 Å². The Bertz CT molecular complexity index is 1380. The van der Waals surface area contributed by atoms with E-state index in [1.54, 1.807) is 24.5 Å². The Kier molecular flexibility index (Phi) is 6.20. The summed E-state index contributed by atoms with van der Waals surface area (Å²) in [5.74, 6) is -0.334. The van der Waals surface area contributed by atoms with Gasteiger partial charge in [0.1, 0.15) is 23.6 Å². The molecule has 3 N–H and O–H groups in total. The zero-order chi connectivity index (χ0) is 25.9. The molecule has 2 aliphatic rings. The molecular formula is C26H29ClFN5O3. The lowest BCUT2D eigenvalue weighted by molar-refractivity contribution is -0.0811. The summed E-state index contributed by atoms with van der Waals surface area (Å²) in [7, 11) is 0. The summed E-state index contributed by atoms with van der Waals surface area (Å²) in [6.07, 6.45) is 3.04. The van der Waals surface area contributed by atoms with E-state index in [9.17, 15) is 15.5 Å². The van der Waals surface area contributed by atoms with Gasteiger partial charge >= 0.3 is 0 Å². The second-order valence-electron chi connectivity index (χ2n) is 10.5. The number of benzene rings is 1. The van der Waals surface area contributed by atoms with Gasteiger partial charge in [-0.25, -0.2) is 14.4 Å². The van der Waals surface area contributed by atoms with E-state index in [1.165, 1.54) is 12.3 Å². The quantitative estimate of drug-likeness (QED) is 0.454. The zero-order valence-corrected chi connectivity index (χ0v) is 21.3. The van der Waals surface area contributed by atoms with Crippen molar-refractivity contribution in [2.24, 2.45) is 0 Å².